The molecule has 4 rings (SSSR count). The summed E-state index contributed by atoms with van der Waals surface area (Å²) < 4.78 is 27.7. The number of H-pyrrole nitrogens is 2. The molecule has 2 aliphatic rings. The van der Waals surface area contributed by atoms with Crippen molar-refractivity contribution in [3.05, 3.63) is 55.9 Å². The molecule has 0 radical (unpaired) electrons. The molecule has 0 bridgehead atoms. The SMILES string of the molecule is Cc1[nH]c(=O)[nH]c(=O)c1S(=O)(=O)N1CCC2CCCc3cccc1c32. The zero-order chi connectivity index (χ0) is 17.8. The maximum absolute atomic E-state index is 13.2. The second-order valence-corrected chi connectivity index (χ2v) is 8.47. The molecule has 1 aromatic heterocycles. The van der Waals surface area contributed by atoms with Gasteiger partial charge in [0, 0.05) is 12.2 Å². The molecule has 1 unspecified atom stereocenters. The van der Waals surface area contributed by atoms with Crippen LogP contribution in [0.3, 0.4) is 0 Å². The lowest BCUT2D eigenvalue weighted by Crippen LogP contribution is -2.41. The van der Waals surface area contributed by atoms with Gasteiger partial charge in [-0.3, -0.25) is 14.1 Å². The normalized spacial score (nSPS) is 19.6. The summed E-state index contributed by atoms with van der Waals surface area (Å²) >= 11 is 0. The Balaban J connectivity index is 1.91. The van der Waals surface area contributed by atoms with E-state index in [4.69, 9.17) is 0 Å². The molecule has 25 heavy (non-hydrogen) atoms. The molecule has 0 saturated heterocycles. The first-order chi connectivity index (χ1) is 11.9. The molecular weight excluding hydrogens is 342 g/mol. The minimum Gasteiger partial charge on any atom is -0.310 e. The number of hydrogen-bond donors (Lipinski definition) is 2. The summed E-state index contributed by atoms with van der Waals surface area (Å²) in [5, 5.41) is 0. The van der Waals surface area contributed by atoms with E-state index < -0.39 is 21.3 Å². The van der Waals surface area contributed by atoms with Gasteiger partial charge in [0.15, 0.2) is 4.90 Å². The summed E-state index contributed by atoms with van der Waals surface area (Å²) in [6, 6.07) is 5.73. The maximum atomic E-state index is 13.2. The van der Waals surface area contributed by atoms with E-state index in [0.717, 1.165) is 31.2 Å². The first-order valence-electron chi connectivity index (χ1n) is 8.37. The Labute approximate surface area is 144 Å². The number of benzene rings is 1. The molecule has 0 amide bonds. The van der Waals surface area contributed by atoms with Crippen molar-refractivity contribution in [1.29, 1.82) is 0 Å². The number of nitrogens with one attached hydrogen (secondary N) is 2. The first kappa shape index (κ1) is 16.1. The number of aryl methyl sites for hydroxylation is 2. The molecule has 2 heterocycles. The lowest BCUT2D eigenvalue weighted by Gasteiger charge is -2.38. The third kappa shape index (κ3) is 2.43. The highest BCUT2D eigenvalue weighted by Crippen LogP contribution is 2.45. The van der Waals surface area contributed by atoms with E-state index in [9.17, 15) is 18.0 Å². The van der Waals surface area contributed by atoms with Crippen LogP contribution < -0.4 is 15.6 Å². The van der Waals surface area contributed by atoms with Gasteiger partial charge in [-0.15, -0.1) is 0 Å². The van der Waals surface area contributed by atoms with Crippen molar-refractivity contribution >= 4 is 15.7 Å². The molecule has 1 aliphatic heterocycles. The van der Waals surface area contributed by atoms with Gasteiger partial charge in [-0.05, 0) is 55.7 Å². The van der Waals surface area contributed by atoms with E-state index in [0.29, 0.717) is 18.2 Å². The number of aromatic nitrogens is 2. The van der Waals surface area contributed by atoms with Crippen LogP contribution in [0.25, 0.3) is 0 Å². The minimum absolute atomic E-state index is 0.0562. The van der Waals surface area contributed by atoms with Crippen molar-refractivity contribution in [3.63, 3.8) is 0 Å². The summed E-state index contributed by atoms with van der Waals surface area (Å²) in [7, 11) is -4.06. The van der Waals surface area contributed by atoms with Crippen molar-refractivity contribution < 1.29 is 8.42 Å². The summed E-state index contributed by atoms with van der Waals surface area (Å²) in [6.07, 6.45) is 3.87. The average Bonchev–Trinajstić information content (AvgIpc) is 2.54. The Kier molecular flexibility index (Phi) is 3.61. The van der Waals surface area contributed by atoms with E-state index in [-0.39, 0.29) is 10.6 Å². The minimum atomic E-state index is -4.06. The molecule has 1 aliphatic carbocycles. The van der Waals surface area contributed by atoms with Gasteiger partial charge >= 0.3 is 5.69 Å². The third-order valence-corrected chi connectivity index (χ3v) is 7.12. The van der Waals surface area contributed by atoms with E-state index >= 15 is 0 Å². The van der Waals surface area contributed by atoms with Crippen LogP contribution in [-0.4, -0.2) is 24.9 Å². The molecule has 132 valence electrons. The number of aromatic amines is 2. The van der Waals surface area contributed by atoms with Gasteiger partial charge in [0.2, 0.25) is 0 Å². The molecule has 0 spiro atoms. The predicted molar refractivity (Wildman–Crippen MR) is 93.7 cm³/mol. The van der Waals surface area contributed by atoms with Gasteiger partial charge in [0.1, 0.15) is 0 Å². The Morgan fingerprint density at radius 3 is 2.72 bits per heavy atom. The van der Waals surface area contributed by atoms with Crippen LogP contribution >= 0.6 is 0 Å². The molecular formula is C17H19N3O4S. The summed E-state index contributed by atoms with van der Waals surface area (Å²) in [4.78, 5) is 27.6. The monoisotopic (exact) mass is 361 g/mol. The lowest BCUT2D eigenvalue weighted by molar-refractivity contribution is 0.505. The van der Waals surface area contributed by atoms with E-state index in [1.807, 2.05) is 17.1 Å². The van der Waals surface area contributed by atoms with Crippen molar-refractivity contribution in [2.45, 2.75) is 43.4 Å². The Morgan fingerprint density at radius 1 is 1.16 bits per heavy atom. The molecule has 2 N–H and O–H groups in total. The summed E-state index contributed by atoms with van der Waals surface area (Å²) in [5.41, 5.74) is 1.42. The fourth-order valence-electron chi connectivity index (χ4n) is 4.13. The number of hydrogen-bond acceptors (Lipinski definition) is 4. The largest absolute Gasteiger partial charge is 0.325 e. The van der Waals surface area contributed by atoms with E-state index in [1.54, 1.807) is 0 Å². The topological polar surface area (TPSA) is 103 Å². The molecule has 2 aromatic rings. The van der Waals surface area contributed by atoms with Gasteiger partial charge < -0.3 is 4.98 Å². The van der Waals surface area contributed by atoms with Crippen LogP contribution in [0.1, 0.15) is 42.0 Å². The quantitative estimate of drug-likeness (QED) is 0.843. The number of sulfonamides is 1. The molecule has 1 atom stereocenters. The van der Waals surface area contributed by atoms with Crippen molar-refractivity contribution in [2.24, 2.45) is 0 Å². The Morgan fingerprint density at radius 2 is 1.96 bits per heavy atom. The van der Waals surface area contributed by atoms with E-state index in [2.05, 4.69) is 11.1 Å². The zero-order valence-corrected chi connectivity index (χ0v) is 14.6. The van der Waals surface area contributed by atoms with Crippen LogP contribution in [0.4, 0.5) is 5.69 Å². The van der Waals surface area contributed by atoms with E-state index in [1.165, 1.54) is 16.8 Å². The Hall–Kier alpha value is -2.35. The molecule has 8 heteroatoms. The van der Waals surface area contributed by atoms with Crippen LogP contribution in [0, 0.1) is 6.92 Å². The number of anilines is 1. The predicted octanol–water partition coefficient (Wildman–Crippen LogP) is 1.39. The lowest BCUT2D eigenvalue weighted by atomic mass is 9.78. The second kappa shape index (κ2) is 5.59. The van der Waals surface area contributed by atoms with Gasteiger partial charge in [0.05, 0.1) is 5.69 Å². The first-order valence-corrected chi connectivity index (χ1v) is 9.81. The highest BCUT2D eigenvalue weighted by molar-refractivity contribution is 7.92. The van der Waals surface area contributed by atoms with Gasteiger partial charge in [0.25, 0.3) is 15.6 Å². The van der Waals surface area contributed by atoms with Crippen LogP contribution in [0.5, 0.6) is 0 Å². The zero-order valence-electron chi connectivity index (χ0n) is 13.8. The van der Waals surface area contributed by atoms with Crippen LogP contribution in [-0.2, 0) is 16.4 Å². The molecule has 0 saturated carbocycles. The fourth-order valence-corrected chi connectivity index (χ4v) is 5.84. The van der Waals surface area contributed by atoms with Crippen LogP contribution in [0.15, 0.2) is 32.7 Å². The highest BCUT2D eigenvalue weighted by Gasteiger charge is 2.37. The van der Waals surface area contributed by atoms with Gasteiger partial charge in [-0.1, -0.05) is 12.1 Å². The van der Waals surface area contributed by atoms with Gasteiger partial charge in [-0.25, -0.2) is 13.2 Å². The number of nitrogens with zero attached hydrogens (tertiary/aromatic N) is 1. The summed E-state index contributed by atoms with van der Waals surface area (Å²) in [6.45, 7) is 1.76. The van der Waals surface area contributed by atoms with Crippen molar-refractivity contribution in [1.82, 2.24) is 9.97 Å². The van der Waals surface area contributed by atoms with Crippen molar-refractivity contribution in [2.75, 3.05) is 10.8 Å². The van der Waals surface area contributed by atoms with Crippen molar-refractivity contribution in [3.8, 4) is 0 Å². The highest BCUT2D eigenvalue weighted by atomic mass is 32.2. The maximum Gasteiger partial charge on any atom is 0.325 e. The summed E-state index contributed by atoms with van der Waals surface area (Å²) in [5.74, 6) is 0.376. The second-order valence-electron chi connectivity index (χ2n) is 6.67. The van der Waals surface area contributed by atoms with Gasteiger partial charge in [-0.2, -0.15) is 0 Å². The molecule has 7 nitrogen and oxygen atoms in total. The molecule has 0 fully saturated rings. The Bertz CT molecular complexity index is 1070. The standard InChI is InChI=1S/C17H19N3O4S/c1-10-15(16(21)19-17(22)18-10)25(23,24)20-9-8-12-5-2-4-11-6-3-7-13(20)14(11)12/h3,6-7,12H,2,4-5,8-9H2,1H3,(H2,18,19,21,22). The number of rotatable bonds is 2. The molecule has 1 aromatic carbocycles. The third-order valence-electron chi connectivity index (χ3n) is 5.15. The smallest absolute Gasteiger partial charge is 0.310 e. The average molecular weight is 361 g/mol. The fraction of sp³-hybridized carbons (Fsp3) is 0.412. The van der Waals surface area contributed by atoms with Crippen LogP contribution in [0.2, 0.25) is 0 Å².